The molecule has 0 radical (unpaired) electrons. The van der Waals surface area contributed by atoms with Gasteiger partial charge in [0.05, 0.1) is 20.8 Å². The van der Waals surface area contributed by atoms with Gasteiger partial charge in [0.1, 0.15) is 0 Å². The number of piperidine rings is 1. The van der Waals surface area contributed by atoms with Crippen LogP contribution in [0.5, 0.6) is 11.5 Å². The monoisotopic (exact) mass is 476 g/mol. The number of rotatable bonds is 8. The summed E-state index contributed by atoms with van der Waals surface area (Å²) in [6.45, 7) is 6.11. The predicted octanol–water partition coefficient (Wildman–Crippen LogP) is 2.99. The van der Waals surface area contributed by atoms with E-state index < -0.39 is 0 Å². The Balaban J connectivity index is 0.00000338. The Kier molecular flexibility index (Phi) is 10.7. The van der Waals surface area contributed by atoms with E-state index in [1.807, 2.05) is 18.2 Å². The summed E-state index contributed by atoms with van der Waals surface area (Å²) in [5, 5.41) is 3.22. The number of benzene rings is 1. The van der Waals surface area contributed by atoms with Crippen molar-refractivity contribution in [2.45, 2.75) is 45.2 Å². The lowest BCUT2D eigenvalue weighted by Gasteiger charge is -2.32. The van der Waals surface area contributed by atoms with Crippen molar-refractivity contribution in [1.29, 1.82) is 0 Å². The zero-order chi connectivity index (χ0) is 18.1. The number of hydrogen-bond acceptors (Lipinski definition) is 4. The fraction of sp³-hybridized carbons (Fsp3) is 0.632. The highest BCUT2D eigenvalue weighted by molar-refractivity contribution is 14.0. The molecule has 7 heteroatoms. The van der Waals surface area contributed by atoms with Gasteiger partial charge in [0.15, 0.2) is 17.5 Å². The van der Waals surface area contributed by atoms with Gasteiger partial charge in [-0.05, 0) is 57.0 Å². The summed E-state index contributed by atoms with van der Waals surface area (Å²) in [7, 11) is 3.26. The van der Waals surface area contributed by atoms with Crippen LogP contribution in [0.15, 0.2) is 23.2 Å². The highest BCUT2D eigenvalue weighted by Crippen LogP contribution is 2.27. The third-order valence-electron chi connectivity index (χ3n) is 4.76. The second-order valence-corrected chi connectivity index (χ2v) is 6.55. The zero-order valence-corrected chi connectivity index (χ0v) is 18.5. The average Bonchev–Trinajstić information content (AvgIpc) is 2.66. The van der Waals surface area contributed by atoms with Crippen LogP contribution in [0.25, 0.3) is 0 Å². The molecule has 1 aliphatic heterocycles. The highest BCUT2D eigenvalue weighted by Gasteiger charge is 2.15. The Labute approximate surface area is 174 Å². The average molecular weight is 476 g/mol. The van der Waals surface area contributed by atoms with E-state index in [-0.39, 0.29) is 24.0 Å². The molecule has 1 heterocycles. The van der Waals surface area contributed by atoms with Crippen molar-refractivity contribution in [1.82, 2.24) is 10.2 Å². The van der Waals surface area contributed by atoms with Crippen molar-refractivity contribution in [3.63, 3.8) is 0 Å². The first-order valence-corrected chi connectivity index (χ1v) is 9.12. The molecule has 1 aromatic rings. The normalized spacial score (nSPS) is 16.5. The number of nitrogens with one attached hydrogen (secondary N) is 1. The molecule has 0 spiro atoms. The summed E-state index contributed by atoms with van der Waals surface area (Å²) in [6, 6.07) is 6.37. The van der Waals surface area contributed by atoms with Crippen LogP contribution in [0.4, 0.5) is 0 Å². The maximum absolute atomic E-state index is 5.98. The molecule has 1 unspecified atom stereocenters. The number of guanidine groups is 1. The molecule has 0 aliphatic carbocycles. The molecule has 1 aromatic carbocycles. The van der Waals surface area contributed by atoms with Crippen molar-refractivity contribution < 1.29 is 9.47 Å². The molecule has 26 heavy (non-hydrogen) atoms. The summed E-state index contributed by atoms with van der Waals surface area (Å²) in [5.74, 6) is 1.91. The number of ether oxygens (including phenoxy) is 2. The second-order valence-electron chi connectivity index (χ2n) is 6.55. The predicted molar refractivity (Wildman–Crippen MR) is 118 cm³/mol. The molecule has 6 nitrogen and oxygen atoms in total. The lowest BCUT2D eigenvalue weighted by atomic mass is 10.1. The minimum Gasteiger partial charge on any atom is -0.493 e. The fourth-order valence-corrected chi connectivity index (χ4v) is 3.16. The van der Waals surface area contributed by atoms with Crippen LogP contribution in [0, 0.1) is 0 Å². The van der Waals surface area contributed by atoms with Gasteiger partial charge in [-0.25, -0.2) is 4.99 Å². The van der Waals surface area contributed by atoms with Crippen molar-refractivity contribution in [2.75, 3.05) is 33.9 Å². The standard InChI is InChI=1S/C19H32N4O2.HI/c1-15(23-11-5-4-6-12-23)9-10-21-19(20)22-14-16-7-8-17(24-2)18(13-16)25-3;/h7-8,13,15H,4-6,9-12,14H2,1-3H3,(H3,20,21,22);1H. The largest absolute Gasteiger partial charge is 0.493 e. The van der Waals surface area contributed by atoms with E-state index in [9.17, 15) is 0 Å². The van der Waals surface area contributed by atoms with E-state index in [0.717, 1.165) is 18.5 Å². The number of hydrogen-bond donors (Lipinski definition) is 2. The quantitative estimate of drug-likeness (QED) is 0.343. The van der Waals surface area contributed by atoms with Gasteiger partial charge in [-0.1, -0.05) is 12.5 Å². The first kappa shape index (κ1) is 22.8. The molecule has 1 saturated heterocycles. The Morgan fingerprint density at radius 1 is 1.19 bits per heavy atom. The van der Waals surface area contributed by atoms with Gasteiger partial charge in [0, 0.05) is 12.6 Å². The Bertz CT molecular complexity index is 562. The molecule has 3 N–H and O–H groups in total. The van der Waals surface area contributed by atoms with Crippen LogP contribution >= 0.6 is 24.0 Å². The third-order valence-corrected chi connectivity index (χ3v) is 4.76. The van der Waals surface area contributed by atoms with Crippen LogP contribution in [0.2, 0.25) is 0 Å². The van der Waals surface area contributed by atoms with Crippen molar-refractivity contribution >= 4 is 29.9 Å². The molecule has 1 aliphatic rings. The van der Waals surface area contributed by atoms with Crippen LogP contribution in [0.3, 0.4) is 0 Å². The molecule has 0 bridgehead atoms. The maximum Gasteiger partial charge on any atom is 0.188 e. The van der Waals surface area contributed by atoms with Crippen molar-refractivity contribution in [3.05, 3.63) is 23.8 Å². The number of nitrogens with two attached hydrogens (primary N) is 1. The van der Waals surface area contributed by atoms with Gasteiger partial charge < -0.3 is 25.4 Å². The molecule has 0 saturated carbocycles. The Hall–Kier alpha value is -1.22. The van der Waals surface area contributed by atoms with Crippen LogP contribution in [0.1, 0.15) is 38.2 Å². The third kappa shape index (κ3) is 7.19. The summed E-state index contributed by atoms with van der Waals surface area (Å²) in [5.41, 5.74) is 7.01. The van der Waals surface area contributed by atoms with E-state index in [1.165, 1.54) is 32.4 Å². The summed E-state index contributed by atoms with van der Waals surface area (Å²) in [6.07, 6.45) is 5.10. The molecule has 0 amide bonds. The molecule has 0 aromatic heterocycles. The Morgan fingerprint density at radius 3 is 2.54 bits per heavy atom. The first-order chi connectivity index (χ1) is 12.1. The summed E-state index contributed by atoms with van der Waals surface area (Å²) in [4.78, 5) is 6.98. The van der Waals surface area contributed by atoms with E-state index in [1.54, 1.807) is 14.2 Å². The lowest BCUT2D eigenvalue weighted by Crippen LogP contribution is -2.40. The topological polar surface area (TPSA) is 72.1 Å². The highest BCUT2D eigenvalue weighted by atomic mass is 127. The van der Waals surface area contributed by atoms with Gasteiger partial charge in [-0.3, -0.25) is 0 Å². The molecule has 148 valence electrons. The minimum absolute atomic E-state index is 0. The fourth-order valence-electron chi connectivity index (χ4n) is 3.16. The lowest BCUT2D eigenvalue weighted by molar-refractivity contribution is 0.167. The zero-order valence-electron chi connectivity index (χ0n) is 16.2. The van der Waals surface area contributed by atoms with Crippen LogP contribution in [-0.2, 0) is 6.54 Å². The number of likely N-dealkylation sites (tertiary alicyclic amines) is 1. The number of nitrogens with zero attached hydrogens (tertiary/aromatic N) is 2. The second kappa shape index (κ2) is 12.2. The smallest absolute Gasteiger partial charge is 0.188 e. The van der Waals surface area contributed by atoms with E-state index in [0.29, 0.717) is 30.0 Å². The molecule has 1 atom stereocenters. The Morgan fingerprint density at radius 2 is 1.88 bits per heavy atom. The van der Waals surface area contributed by atoms with Gasteiger partial charge in [0.25, 0.3) is 0 Å². The van der Waals surface area contributed by atoms with Crippen LogP contribution < -0.4 is 20.5 Å². The SMILES string of the molecule is COc1ccc(CN=C(N)NCCC(C)N2CCCCC2)cc1OC.I. The number of halogens is 1. The van der Waals surface area contributed by atoms with E-state index in [2.05, 4.69) is 22.1 Å². The summed E-state index contributed by atoms with van der Waals surface area (Å²) >= 11 is 0. The van der Waals surface area contributed by atoms with Crippen LogP contribution in [-0.4, -0.2) is 50.8 Å². The van der Waals surface area contributed by atoms with E-state index >= 15 is 0 Å². The molecular weight excluding hydrogens is 443 g/mol. The number of aliphatic imine (C=N–C) groups is 1. The van der Waals surface area contributed by atoms with Gasteiger partial charge in [0.2, 0.25) is 0 Å². The molecule has 2 rings (SSSR count). The van der Waals surface area contributed by atoms with Gasteiger partial charge in [-0.2, -0.15) is 0 Å². The molecule has 1 fully saturated rings. The maximum atomic E-state index is 5.98. The minimum atomic E-state index is 0. The van der Waals surface area contributed by atoms with Gasteiger partial charge in [-0.15, -0.1) is 24.0 Å². The summed E-state index contributed by atoms with van der Waals surface area (Å²) < 4.78 is 10.5. The van der Waals surface area contributed by atoms with Gasteiger partial charge >= 0.3 is 0 Å². The van der Waals surface area contributed by atoms with Crippen molar-refractivity contribution in [3.8, 4) is 11.5 Å². The van der Waals surface area contributed by atoms with E-state index in [4.69, 9.17) is 15.2 Å². The van der Waals surface area contributed by atoms with Crippen molar-refractivity contribution in [2.24, 2.45) is 10.7 Å². The molecular formula is C19H33IN4O2. The number of methoxy groups -OCH3 is 2. The first-order valence-electron chi connectivity index (χ1n) is 9.12.